The van der Waals surface area contributed by atoms with Crippen LogP contribution in [-0.2, 0) is 7.05 Å². The minimum Gasteiger partial charge on any atom is -0.327 e. The molecule has 3 nitrogen and oxygen atoms in total. The second kappa shape index (κ2) is 5.35. The second-order valence-electron chi connectivity index (χ2n) is 6.22. The second-order valence-corrected chi connectivity index (χ2v) is 6.22. The van der Waals surface area contributed by atoms with Gasteiger partial charge in [-0.05, 0) is 18.2 Å². The summed E-state index contributed by atoms with van der Waals surface area (Å²) in [6, 6.07) is 29.3. The van der Waals surface area contributed by atoms with Gasteiger partial charge in [-0.3, -0.25) is 4.57 Å². The Morgan fingerprint density at radius 2 is 1.36 bits per heavy atom. The van der Waals surface area contributed by atoms with Crippen molar-refractivity contribution in [3.63, 3.8) is 0 Å². The van der Waals surface area contributed by atoms with Gasteiger partial charge in [-0.15, -0.1) is 0 Å². The lowest BCUT2D eigenvalue weighted by Crippen LogP contribution is -1.97. The van der Waals surface area contributed by atoms with E-state index < -0.39 is 0 Å². The number of hydrogen-bond donors (Lipinski definition) is 0. The quantitative estimate of drug-likeness (QED) is 0.439. The fraction of sp³-hybridized carbons (Fsp3) is 0.0455. The predicted molar refractivity (Wildman–Crippen MR) is 103 cm³/mol. The largest absolute Gasteiger partial charge is 0.327 e. The number of imidazole rings is 1. The normalized spacial score (nSPS) is 11.4. The summed E-state index contributed by atoms with van der Waals surface area (Å²) in [7, 11) is 2.09. The fourth-order valence-corrected chi connectivity index (χ4v) is 3.57. The van der Waals surface area contributed by atoms with Crippen LogP contribution in [0.15, 0.2) is 84.9 Å². The summed E-state index contributed by atoms with van der Waals surface area (Å²) < 4.78 is 4.45. The highest BCUT2D eigenvalue weighted by Crippen LogP contribution is 2.34. The van der Waals surface area contributed by atoms with E-state index in [9.17, 15) is 0 Å². The zero-order valence-corrected chi connectivity index (χ0v) is 13.9. The maximum absolute atomic E-state index is 5.02. The van der Waals surface area contributed by atoms with Crippen LogP contribution in [0.3, 0.4) is 0 Å². The van der Waals surface area contributed by atoms with E-state index in [1.165, 1.54) is 10.9 Å². The van der Waals surface area contributed by atoms with Crippen LogP contribution in [0.5, 0.6) is 0 Å². The van der Waals surface area contributed by atoms with E-state index in [1.807, 2.05) is 12.1 Å². The SMILES string of the molecule is Cn1c2ccccc2c2c1nc(-c1ccccc1)n2-c1ccccc1. The summed E-state index contributed by atoms with van der Waals surface area (Å²) in [6.07, 6.45) is 0. The monoisotopic (exact) mass is 323 g/mol. The Balaban J connectivity index is 1.97. The Morgan fingerprint density at radius 3 is 2.12 bits per heavy atom. The van der Waals surface area contributed by atoms with Crippen molar-refractivity contribution in [2.75, 3.05) is 0 Å². The van der Waals surface area contributed by atoms with Gasteiger partial charge in [0.1, 0.15) is 11.3 Å². The molecular weight excluding hydrogens is 306 g/mol. The molecule has 0 bridgehead atoms. The molecule has 5 rings (SSSR count). The lowest BCUT2D eigenvalue weighted by molar-refractivity contribution is 0.993. The molecule has 0 unspecified atom stereocenters. The highest BCUT2D eigenvalue weighted by atomic mass is 15.2. The molecule has 3 heteroatoms. The molecule has 2 heterocycles. The van der Waals surface area contributed by atoms with Gasteiger partial charge in [0.25, 0.3) is 0 Å². The van der Waals surface area contributed by atoms with Gasteiger partial charge in [-0.2, -0.15) is 0 Å². The molecule has 0 amide bonds. The molecule has 120 valence electrons. The minimum absolute atomic E-state index is 0.971. The number of para-hydroxylation sites is 2. The fourth-order valence-electron chi connectivity index (χ4n) is 3.57. The van der Waals surface area contributed by atoms with E-state index in [1.54, 1.807) is 0 Å². The smallest absolute Gasteiger partial charge is 0.160 e. The first-order valence-electron chi connectivity index (χ1n) is 8.41. The molecule has 5 aromatic rings. The van der Waals surface area contributed by atoms with Gasteiger partial charge in [0, 0.05) is 23.7 Å². The number of aromatic nitrogens is 3. The number of benzene rings is 3. The average molecular weight is 323 g/mol. The molecule has 0 saturated carbocycles. The summed E-state index contributed by atoms with van der Waals surface area (Å²) >= 11 is 0. The van der Waals surface area contributed by atoms with Gasteiger partial charge in [-0.1, -0.05) is 66.7 Å². The maximum Gasteiger partial charge on any atom is 0.160 e. The van der Waals surface area contributed by atoms with Crippen LogP contribution in [0, 0.1) is 0 Å². The Labute approximate surface area is 145 Å². The molecular formula is C22H17N3. The first-order valence-corrected chi connectivity index (χ1v) is 8.41. The molecule has 25 heavy (non-hydrogen) atoms. The van der Waals surface area contributed by atoms with Gasteiger partial charge in [-0.25, -0.2) is 4.98 Å². The number of nitrogens with zero attached hydrogens (tertiary/aromatic N) is 3. The van der Waals surface area contributed by atoms with E-state index in [4.69, 9.17) is 4.98 Å². The highest BCUT2D eigenvalue weighted by molar-refractivity contribution is 6.06. The first kappa shape index (κ1) is 14.1. The lowest BCUT2D eigenvalue weighted by atomic mass is 10.2. The zero-order chi connectivity index (χ0) is 16.8. The molecule has 0 spiro atoms. The Morgan fingerprint density at radius 1 is 0.720 bits per heavy atom. The zero-order valence-electron chi connectivity index (χ0n) is 13.9. The third-order valence-electron chi connectivity index (χ3n) is 4.74. The molecule has 0 aliphatic rings. The van der Waals surface area contributed by atoms with Crippen LogP contribution in [0.1, 0.15) is 0 Å². The van der Waals surface area contributed by atoms with E-state index in [2.05, 4.69) is 89.0 Å². The van der Waals surface area contributed by atoms with Gasteiger partial charge in [0.05, 0.1) is 5.52 Å². The van der Waals surface area contributed by atoms with Crippen molar-refractivity contribution in [2.24, 2.45) is 7.05 Å². The summed E-state index contributed by atoms with van der Waals surface area (Å²) in [5.41, 5.74) is 5.60. The molecule has 3 aromatic carbocycles. The van der Waals surface area contributed by atoms with Crippen molar-refractivity contribution in [3.05, 3.63) is 84.9 Å². The van der Waals surface area contributed by atoms with Crippen LogP contribution >= 0.6 is 0 Å². The Bertz CT molecular complexity index is 1180. The van der Waals surface area contributed by atoms with Crippen LogP contribution < -0.4 is 0 Å². The van der Waals surface area contributed by atoms with Crippen molar-refractivity contribution in [1.82, 2.24) is 14.1 Å². The first-order chi connectivity index (χ1) is 12.3. The summed E-state index contributed by atoms with van der Waals surface area (Å²) in [6.45, 7) is 0. The van der Waals surface area contributed by atoms with Crippen LogP contribution in [0.4, 0.5) is 0 Å². The van der Waals surface area contributed by atoms with Crippen molar-refractivity contribution in [2.45, 2.75) is 0 Å². The molecule has 0 radical (unpaired) electrons. The molecule has 0 aliphatic heterocycles. The predicted octanol–water partition coefficient (Wildman–Crippen LogP) is 5.18. The summed E-state index contributed by atoms with van der Waals surface area (Å²) in [4.78, 5) is 5.02. The summed E-state index contributed by atoms with van der Waals surface area (Å²) in [5.74, 6) is 0.971. The van der Waals surface area contributed by atoms with E-state index in [0.29, 0.717) is 0 Å². The van der Waals surface area contributed by atoms with E-state index in [-0.39, 0.29) is 0 Å². The molecule has 0 N–H and O–H groups in total. The van der Waals surface area contributed by atoms with Crippen LogP contribution in [0.25, 0.3) is 39.1 Å². The lowest BCUT2D eigenvalue weighted by Gasteiger charge is -2.09. The topological polar surface area (TPSA) is 22.8 Å². The molecule has 2 aromatic heterocycles. The number of rotatable bonds is 2. The average Bonchev–Trinajstić information content (AvgIpc) is 3.20. The Hall–Kier alpha value is -3.33. The van der Waals surface area contributed by atoms with Gasteiger partial charge in [0.2, 0.25) is 0 Å². The van der Waals surface area contributed by atoms with Crippen molar-refractivity contribution in [3.8, 4) is 17.1 Å². The number of hydrogen-bond acceptors (Lipinski definition) is 1. The number of aryl methyl sites for hydroxylation is 1. The summed E-state index contributed by atoms with van der Waals surface area (Å²) in [5, 5.41) is 1.22. The minimum atomic E-state index is 0.971. The van der Waals surface area contributed by atoms with Crippen LogP contribution in [0.2, 0.25) is 0 Å². The third kappa shape index (κ3) is 2.02. The van der Waals surface area contributed by atoms with Crippen molar-refractivity contribution >= 4 is 22.1 Å². The van der Waals surface area contributed by atoms with E-state index in [0.717, 1.165) is 28.2 Å². The maximum atomic E-state index is 5.02. The van der Waals surface area contributed by atoms with Gasteiger partial charge >= 0.3 is 0 Å². The van der Waals surface area contributed by atoms with Gasteiger partial charge in [0.15, 0.2) is 5.65 Å². The molecule has 0 fully saturated rings. The van der Waals surface area contributed by atoms with Crippen molar-refractivity contribution < 1.29 is 0 Å². The standard InChI is InChI=1S/C22H17N3/c1-24-19-15-9-8-14-18(19)20-22(24)23-21(16-10-4-2-5-11-16)25(20)17-12-6-3-7-13-17/h2-15H,1H3. The highest BCUT2D eigenvalue weighted by Gasteiger charge is 2.20. The van der Waals surface area contributed by atoms with Crippen molar-refractivity contribution in [1.29, 1.82) is 0 Å². The number of fused-ring (bicyclic) bond motifs is 3. The molecule has 0 atom stereocenters. The Kier molecular flexibility index (Phi) is 3.01. The van der Waals surface area contributed by atoms with Crippen LogP contribution in [-0.4, -0.2) is 14.1 Å². The molecule has 0 aliphatic carbocycles. The van der Waals surface area contributed by atoms with E-state index >= 15 is 0 Å². The van der Waals surface area contributed by atoms with Gasteiger partial charge < -0.3 is 4.57 Å². The third-order valence-corrected chi connectivity index (χ3v) is 4.74. The molecule has 0 saturated heterocycles.